The Labute approximate surface area is 283 Å². The van der Waals surface area contributed by atoms with Gasteiger partial charge in [-0.05, 0) is 75.6 Å². The molecule has 0 aliphatic rings. The minimum Gasteiger partial charge on any atom is -0.497 e. The number of methoxy groups -OCH3 is 2. The van der Waals surface area contributed by atoms with Crippen molar-refractivity contribution in [2.45, 2.75) is 64.5 Å². The van der Waals surface area contributed by atoms with Crippen LogP contribution >= 0.6 is 8.30 Å². The van der Waals surface area contributed by atoms with Crippen molar-refractivity contribution in [1.82, 2.24) is 14.2 Å². The number of ether oxygens (including phenoxy) is 3. The van der Waals surface area contributed by atoms with Crippen LogP contribution in [0.5, 0.6) is 11.5 Å². The summed E-state index contributed by atoms with van der Waals surface area (Å²) in [6, 6.07) is 27.6. The van der Waals surface area contributed by atoms with Crippen molar-refractivity contribution in [1.29, 1.82) is 5.26 Å². The lowest BCUT2D eigenvalue weighted by atomic mass is 9.80. The van der Waals surface area contributed by atoms with E-state index in [0.29, 0.717) is 17.1 Å². The molecule has 0 radical (unpaired) electrons. The number of benzene rings is 3. The van der Waals surface area contributed by atoms with Gasteiger partial charge in [0.15, 0.2) is 0 Å². The van der Waals surface area contributed by atoms with Gasteiger partial charge in [-0.2, -0.15) is 5.26 Å². The molecule has 0 amide bonds. The second-order valence-corrected chi connectivity index (χ2v) is 13.8. The zero-order valence-corrected chi connectivity index (χ0v) is 29.6. The van der Waals surface area contributed by atoms with E-state index in [9.17, 15) is 14.9 Å². The van der Waals surface area contributed by atoms with Gasteiger partial charge in [-0.25, -0.2) is 4.79 Å². The summed E-state index contributed by atoms with van der Waals surface area (Å²) < 4.78 is 28.6. The first-order chi connectivity index (χ1) is 23.1. The van der Waals surface area contributed by atoms with Crippen LogP contribution in [0.1, 0.15) is 62.2 Å². The third kappa shape index (κ3) is 8.05. The molecule has 0 aliphatic carbocycles. The zero-order valence-electron chi connectivity index (χ0n) is 28.7. The molecule has 4 aromatic rings. The number of nitrogens with zero attached hydrogens (tertiary/aromatic N) is 3. The number of nitriles is 1. The van der Waals surface area contributed by atoms with Gasteiger partial charge in [0.05, 0.1) is 39.9 Å². The summed E-state index contributed by atoms with van der Waals surface area (Å²) in [6.45, 7) is 10.1. The minimum atomic E-state index is -1.61. The van der Waals surface area contributed by atoms with Crippen molar-refractivity contribution in [3.8, 4) is 17.6 Å². The predicted octanol–water partition coefficient (Wildman–Crippen LogP) is 6.73. The lowest BCUT2D eigenvalue weighted by molar-refractivity contribution is 0.00286. The van der Waals surface area contributed by atoms with Gasteiger partial charge in [-0.1, -0.05) is 54.6 Å². The van der Waals surface area contributed by atoms with Gasteiger partial charge in [-0.15, -0.1) is 0 Å². The van der Waals surface area contributed by atoms with Crippen molar-refractivity contribution >= 4 is 8.30 Å². The number of hydrogen-bond donors (Lipinski definition) is 1. The Bertz CT molecular complexity index is 1710. The molecule has 0 fully saturated rings. The van der Waals surface area contributed by atoms with E-state index in [2.05, 4.69) is 43.4 Å². The third-order valence-corrected chi connectivity index (χ3v) is 10.8. The first-order valence-electron chi connectivity index (χ1n) is 15.9. The maximum absolute atomic E-state index is 13.6. The summed E-state index contributed by atoms with van der Waals surface area (Å²) in [5.74, 6) is 0.705. The monoisotopic (exact) mass is 672 g/mol. The molecule has 254 valence electrons. The normalized spacial score (nSPS) is 13.0. The number of aromatic nitrogens is 2. The first kappa shape index (κ1) is 36.6. The van der Waals surface area contributed by atoms with Crippen LogP contribution in [-0.4, -0.2) is 53.7 Å². The second kappa shape index (κ2) is 16.7. The summed E-state index contributed by atoms with van der Waals surface area (Å²) in [4.78, 5) is 28.6. The van der Waals surface area contributed by atoms with E-state index < -0.39 is 30.9 Å². The van der Waals surface area contributed by atoms with Gasteiger partial charge < -0.3 is 18.7 Å². The molecule has 10 nitrogen and oxygen atoms in total. The van der Waals surface area contributed by atoms with Crippen LogP contribution in [0, 0.1) is 18.3 Å². The van der Waals surface area contributed by atoms with Gasteiger partial charge in [0.2, 0.25) is 0 Å². The minimum absolute atomic E-state index is 0.00649. The summed E-state index contributed by atoms with van der Waals surface area (Å²) >= 11 is 0. The molecule has 0 bridgehead atoms. The Balaban J connectivity index is 2.00. The number of nitrogens with one attached hydrogen (secondary N) is 1. The average molecular weight is 673 g/mol. The molecule has 4 rings (SSSR count). The third-order valence-electron chi connectivity index (χ3n) is 8.07. The van der Waals surface area contributed by atoms with Gasteiger partial charge in [0.1, 0.15) is 31.2 Å². The highest BCUT2D eigenvalue weighted by atomic mass is 31.2. The molecule has 0 saturated carbocycles. The first-order valence-corrected chi connectivity index (χ1v) is 17.2. The Morgan fingerprint density at radius 3 is 1.85 bits per heavy atom. The molecule has 1 aromatic heterocycles. The molecule has 1 heterocycles. The lowest BCUT2D eigenvalue weighted by Crippen LogP contribution is -2.42. The SMILES string of the molecule is COc1ccc(C(OCC(n2cc(C)c(=O)[nH]c2=O)P(OCCC#N)N(C(C)C)C(C)C)(c2ccccc2)c2ccc(OC)cc2)cc1. The van der Waals surface area contributed by atoms with E-state index in [1.54, 1.807) is 27.3 Å². The topological polar surface area (TPSA) is 119 Å². The van der Waals surface area contributed by atoms with E-state index in [-0.39, 0.29) is 31.7 Å². The van der Waals surface area contributed by atoms with Crippen molar-refractivity contribution in [3.63, 3.8) is 0 Å². The van der Waals surface area contributed by atoms with Crippen LogP contribution in [0.4, 0.5) is 0 Å². The van der Waals surface area contributed by atoms with Crippen molar-refractivity contribution in [2.24, 2.45) is 0 Å². The van der Waals surface area contributed by atoms with E-state index in [4.69, 9.17) is 18.7 Å². The summed E-state index contributed by atoms with van der Waals surface area (Å²) in [5.41, 5.74) is 0.737. The molecule has 11 heteroatoms. The van der Waals surface area contributed by atoms with Crippen LogP contribution in [0.3, 0.4) is 0 Å². The van der Waals surface area contributed by atoms with E-state index >= 15 is 0 Å². The molecule has 3 aromatic carbocycles. The fraction of sp³-hybridized carbons (Fsp3) is 0.378. The van der Waals surface area contributed by atoms with Crippen molar-refractivity contribution in [3.05, 3.63) is 128 Å². The Morgan fingerprint density at radius 1 is 0.854 bits per heavy atom. The molecule has 1 N–H and O–H groups in total. The molecular weight excluding hydrogens is 627 g/mol. The fourth-order valence-electron chi connectivity index (χ4n) is 5.87. The quantitative estimate of drug-likeness (QED) is 0.0791. The Hall–Kier alpha value is -4.26. The number of H-pyrrole nitrogens is 1. The molecular formula is C37H45N4O6P. The maximum Gasteiger partial charge on any atom is 0.329 e. The molecule has 2 unspecified atom stereocenters. The summed E-state index contributed by atoms with van der Waals surface area (Å²) in [5, 5.41) is 9.39. The summed E-state index contributed by atoms with van der Waals surface area (Å²) in [6.07, 6.45) is 1.75. The molecule has 2 atom stereocenters. The maximum atomic E-state index is 13.6. The van der Waals surface area contributed by atoms with E-state index in [0.717, 1.165) is 16.7 Å². The molecule has 0 spiro atoms. The lowest BCUT2D eigenvalue weighted by Gasteiger charge is -2.43. The zero-order chi connectivity index (χ0) is 34.8. The molecule has 48 heavy (non-hydrogen) atoms. The second-order valence-electron chi connectivity index (χ2n) is 11.9. The van der Waals surface area contributed by atoms with Crippen LogP contribution < -0.4 is 20.7 Å². The van der Waals surface area contributed by atoms with Crippen LogP contribution in [0.2, 0.25) is 0 Å². The molecule has 0 saturated heterocycles. The Kier molecular flexibility index (Phi) is 12.7. The standard InChI is InChI=1S/C37H45N4O6P/c1-26(2)41(27(3)4)48(47-23-11-22-38)34(40-24-28(5)35(42)39-36(40)43)25-46-37(29-12-9-8-10-13-29,30-14-18-32(44-6)19-15-30)31-16-20-33(45-7)21-17-31/h8-10,12-21,24,26-27,34H,11,23,25H2,1-7H3,(H,39,42,43). The highest BCUT2D eigenvalue weighted by Crippen LogP contribution is 2.55. The van der Waals surface area contributed by atoms with Gasteiger partial charge >= 0.3 is 5.69 Å². The van der Waals surface area contributed by atoms with Crippen LogP contribution in [-0.2, 0) is 14.9 Å². The van der Waals surface area contributed by atoms with Crippen LogP contribution in [0.15, 0.2) is 94.6 Å². The highest BCUT2D eigenvalue weighted by molar-refractivity contribution is 7.50. The average Bonchev–Trinajstić information content (AvgIpc) is 3.09. The largest absolute Gasteiger partial charge is 0.497 e. The smallest absolute Gasteiger partial charge is 0.329 e. The summed E-state index contributed by atoms with van der Waals surface area (Å²) in [7, 11) is 1.64. The van der Waals surface area contributed by atoms with E-state index in [1.807, 2.05) is 78.9 Å². The van der Waals surface area contributed by atoms with E-state index in [1.165, 1.54) is 4.57 Å². The number of aryl methyl sites for hydroxylation is 1. The van der Waals surface area contributed by atoms with Gasteiger partial charge in [0.25, 0.3) is 5.56 Å². The fourth-order valence-corrected chi connectivity index (χ4v) is 8.26. The number of aromatic amines is 1. The van der Waals surface area contributed by atoms with Gasteiger partial charge in [0, 0.05) is 23.8 Å². The number of rotatable bonds is 16. The predicted molar refractivity (Wildman–Crippen MR) is 189 cm³/mol. The molecule has 0 aliphatic heterocycles. The number of hydrogen-bond acceptors (Lipinski definition) is 8. The highest BCUT2D eigenvalue weighted by Gasteiger charge is 2.42. The van der Waals surface area contributed by atoms with Crippen molar-refractivity contribution in [2.75, 3.05) is 27.4 Å². The Morgan fingerprint density at radius 2 is 1.38 bits per heavy atom. The van der Waals surface area contributed by atoms with Gasteiger partial charge in [-0.3, -0.25) is 19.0 Å². The van der Waals surface area contributed by atoms with Crippen LogP contribution in [0.25, 0.3) is 0 Å². The van der Waals surface area contributed by atoms with Crippen molar-refractivity contribution < 1.29 is 18.7 Å².